The predicted molar refractivity (Wildman–Crippen MR) is 43.8 cm³/mol. The van der Waals surface area contributed by atoms with Crippen molar-refractivity contribution in [3.05, 3.63) is 12.7 Å². The van der Waals surface area contributed by atoms with Gasteiger partial charge in [0.2, 0.25) is 0 Å². The number of allylic oxidation sites excluding steroid dienone is 1. The summed E-state index contributed by atoms with van der Waals surface area (Å²) in [6.07, 6.45) is 4.26. The molecule has 46 valence electrons. The molecule has 1 aliphatic rings. The van der Waals surface area contributed by atoms with E-state index in [0.29, 0.717) is 9.15 Å². The van der Waals surface area contributed by atoms with Gasteiger partial charge in [0.15, 0.2) is 0 Å². The van der Waals surface area contributed by atoms with Crippen molar-refractivity contribution in [2.75, 3.05) is 0 Å². The lowest BCUT2D eigenvalue weighted by molar-refractivity contribution is 0.952. The lowest BCUT2D eigenvalue weighted by Gasteiger charge is -1.98. The van der Waals surface area contributed by atoms with Crippen LogP contribution in [0.3, 0.4) is 0 Å². The van der Waals surface area contributed by atoms with Crippen molar-refractivity contribution in [3.63, 3.8) is 0 Å². The molecule has 0 spiro atoms. The highest BCUT2D eigenvalue weighted by molar-refractivity contribution is 9.13. The molecule has 0 bridgehead atoms. The van der Waals surface area contributed by atoms with Gasteiger partial charge in [0.05, 0.1) is 0 Å². The van der Waals surface area contributed by atoms with Gasteiger partial charge in [-0.3, -0.25) is 0 Å². The number of halogens is 2. The molecule has 1 fully saturated rings. The van der Waals surface area contributed by atoms with Crippen LogP contribution in [0.25, 0.3) is 0 Å². The minimum atomic E-state index is 0.370. The van der Waals surface area contributed by atoms with E-state index in [9.17, 15) is 0 Å². The van der Waals surface area contributed by atoms with Gasteiger partial charge in [0.25, 0.3) is 0 Å². The van der Waals surface area contributed by atoms with Crippen molar-refractivity contribution in [2.45, 2.75) is 22.0 Å². The summed E-state index contributed by atoms with van der Waals surface area (Å²) in [5, 5.41) is 0. The second-order valence-electron chi connectivity index (χ2n) is 2.20. The van der Waals surface area contributed by atoms with E-state index in [2.05, 4.69) is 38.4 Å². The Kier molecular flexibility index (Phi) is 1.83. The van der Waals surface area contributed by atoms with Gasteiger partial charge in [-0.1, -0.05) is 37.9 Å². The Balaban J connectivity index is 2.35. The average molecular weight is 240 g/mol. The first-order chi connectivity index (χ1) is 3.69. The minimum absolute atomic E-state index is 0.370. The van der Waals surface area contributed by atoms with Crippen LogP contribution in [-0.4, -0.2) is 9.15 Å². The molecule has 1 aliphatic carbocycles. The van der Waals surface area contributed by atoms with Gasteiger partial charge in [0, 0.05) is 9.15 Å². The minimum Gasteiger partial charge on any atom is -0.103 e. The van der Waals surface area contributed by atoms with Crippen LogP contribution in [0.15, 0.2) is 12.7 Å². The third-order valence-electron chi connectivity index (χ3n) is 1.40. The number of alkyl halides is 2. The Morgan fingerprint density at radius 2 is 2.38 bits per heavy atom. The zero-order valence-electron chi connectivity index (χ0n) is 4.53. The third kappa shape index (κ3) is 1.16. The summed E-state index contributed by atoms with van der Waals surface area (Å²) in [5.74, 6) is 0. The first-order valence-corrected chi connectivity index (χ1v) is 4.34. The van der Waals surface area contributed by atoms with E-state index in [4.69, 9.17) is 0 Å². The van der Waals surface area contributed by atoms with E-state index >= 15 is 0 Å². The standard InChI is InChI=1S/C6H8Br2/c1-2-3-6(8)4-5(6)7/h2,5H,1,3-4H2. The summed E-state index contributed by atoms with van der Waals surface area (Å²) in [4.78, 5) is 0.674. The zero-order chi connectivity index (χ0) is 6.20. The number of hydrogen-bond acceptors (Lipinski definition) is 0. The highest BCUT2D eigenvalue weighted by Gasteiger charge is 2.49. The Labute approximate surface area is 66.6 Å². The molecule has 8 heavy (non-hydrogen) atoms. The fourth-order valence-corrected chi connectivity index (χ4v) is 2.44. The smallest absolute Gasteiger partial charge is 0.0428 e. The molecule has 0 aromatic carbocycles. The predicted octanol–water partition coefficient (Wildman–Crippen LogP) is 2.86. The maximum atomic E-state index is 3.67. The van der Waals surface area contributed by atoms with Crippen LogP contribution in [0.4, 0.5) is 0 Å². The van der Waals surface area contributed by atoms with Crippen LogP contribution < -0.4 is 0 Å². The van der Waals surface area contributed by atoms with E-state index in [0.717, 1.165) is 6.42 Å². The quantitative estimate of drug-likeness (QED) is 0.514. The van der Waals surface area contributed by atoms with Crippen molar-refractivity contribution in [2.24, 2.45) is 0 Å². The van der Waals surface area contributed by atoms with Crippen LogP contribution in [0.2, 0.25) is 0 Å². The molecule has 0 nitrogen and oxygen atoms in total. The highest BCUT2D eigenvalue weighted by Crippen LogP contribution is 2.52. The summed E-state index contributed by atoms with van der Waals surface area (Å²) in [5.41, 5.74) is 0. The van der Waals surface area contributed by atoms with E-state index in [-0.39, 0.29) is 0 Å². The lowest BCUT2D eigenvalue weighted by Crippen LogP contribution is -1.96. The Morgan fingerprint density at radius 3 is 2.50 bits per heavy atom. The van der Waals surface area contributed by atoms with Gasteiger partial charge in [0.1, 0.15) is 0 Å². The maximum Gasteiger partial charge on any atom is 0.0428 e. The van der Waals surface area contributed by atoms with Gasteiger partial charge in [-0.15, -0.1) is 6.58 Å². The third-order valence-corrected chi connectivity index (χ3v) is 4.42. The SMILES string of the molecule is C=CCC1(Br)CC1Br. The van der Waals surface area contributed by atoms with E-state index in [1.807, 2.05) is 6.08 Å². The Bertz CT molecular complexity index is 111. The molecule has 0 radical (unpaired) electrons. The molecular weight excluding hydrogens is 232 g/mol. The van der Waals surface area contributed by atoms with Gasteiger partial charge in [-0.05, 0) is 12.8 Å². The summed E-state index contributed by atoms with van der Waals surface area (Å²) >= 11 is 7.11. The average Bonchev–Trinajstić information content (AvgIpc) is 2.16. The molecule has 0 aromatic heterocycles. The van der Waals surface area contributed by atoms with Crippen molar-refractivity contribution < 1.29 is 0 Å². The molecule has 0 aromatic rings. The second kappa shape index (κ2) is 2.14. The number of hydrogen-bond donors (Lipinski definition) is 0. The van der Waals surface area contributed by atoms with Crippen LogP contribution in [0.5, 0.6) is 0 Å². The lowest BCUT2D eigenvalue weighted by atomic mass is 10.3. The summed E-state index contributed by atoms with van der Waals surface area (Å²) in [6.45, 7) is 3.67. The Morgan fingerprint density at radius 1 is 1.88 bits per heavy atom. The first kappa shape index (κ1) is 6.81. The highest BCUT2D eigenvalue weighted by atomic mass is 79.9. The van der Waals surface area contributed by atoms with Gasteiger partial charge in [-0.25, -0.2) is 0 Å². The fraction of sp³-hybridized carbons (Fsp3) is 0.667. The molecule has 0 N–H and O–H groups in total. The van der Waals surface area contributed by atoms with Gasteiger partial charge in [-0.2, -0.15) is 0 Å². The maximum absolute atomic E-state index is 3.67. The molecule has 2 heteroatoms. The van der Waals surface area contributed by atoms with Crippen molar-refractivity contribution in [3.8, 4) is 0 Å². The molecule has 1 rings (SSSR count). The molecule has 1 saturated carbocycles. The second-order valence-corrected chi connectivity index (χ2v) is 4.88. The molecule has 0 saturated heterocycles. The first-order valence-electron chi connectivity index (χ1n) is 2.63. The topological polar surface area (TPSA) is 0 Å². The molecule has 2 unspecified atom stereocenters. The summed E-state index contributed by atoms with van der Waals surface area (Å²) in [7, 11) is 0. The van der Waals surface area contributed by atoms with Gasteiger partial charge >= 0.3 is 0 Å². The van der Waals surface area contributed by atoms with Crippen LogP contribution in [0, 0.1) is 0 Å². The van der Waals surface area contributed by atoms with Crippen LogP contribution in [0.1, 0.15) is 12.8 Å². The summed E-state index contributed by atoms with van der Waals surface area (Å²) in [6, 6.07) is 0. The fourth-order valence-electron chi connectivity index (χ4n) is 0.690. The molecule has 0 heterocycles. The summed E-state index contributed by atoms with van der Waals surface area (Å²) < 4.78 is 0.370. The van der Waals surface area contributed by atoms with Crippen molar-refractivity contribution in [1.29, 1.82) is 0 Å². The molecule has 0 amide bonds. The van der Waals surface area contributed by atoms with Crippen LogP contribution in [-0.2, 0) is 0 Å². The van der Waals surface area contributed by atoms with Crippen molar-refractivity contribution >= 4 is 31.9 Å². The molecule has 0 aliphatic heterocycles. The zero-order valence-corrected chi connectivity index (χ0v) is 7.70. The van der Waals surface area contributed by atoms with Crippen molar-refractivity contribution in [1.82, 2.24) is 0 Å². The molecule has 2 atom stereocenters. The largest absolute Gasteiger partial charge is 0.103 e. The normalized spacial score (nSPS) is 44.0. The Hall–Kier alpha value is 0.700. The van der Waals surface area contributed by atoms with E-state index < -0.39 is 0 Å². The monoisotopic (exact) mass is 238 g/mol. The van der Waals surface area contributed by atoms with E-state index in [1.165, 1.54) is 6.42 Å². The van der Waals surface area contributed by atoms with Crippen LogP contribution >= 0.6 is 31.9 Å². The van der Waals surface area contributed by atoms with E-state index in [1.54, 1.807) is 0 Å². The molecular formula is C6H8Br2. The number of rotatable bonds is 2. The van der Waals surface area contributed by atoms with Gasteiger partial charge < -0.3 is 0 Å².